The summed E-state index contributed by atoms with van der Waals surface area (Å²) in [6.45, 7) is 1.52. The van der Waals surface area contributed by atoms with Crippen LogP contribution >= 0.6 is 0 Å². The van der Waals surface area contributed by atoms with Gasteiger partial charge in [0.1, 0.15) is 11.8 Å². The molecule has 1 saturated heterocycles. The molecule has 3 fully saturated rings. The molecule has 34 heavy (non-hydrogen) atoms. The first-order chi connectivity index (χ1) is 16.1. The topological polar surface area (TPSA) is 34.6 Å². The highest BCUT2D eigenvalue weighted by Gasteiger charge is 2.44. The number of fused-ring (bicyclic) bond motifs is 2. The molecule has 2 aliphatic carbocycles. The highest BCUT2D eigenvalue weighted by Crippen LogP contribution is 2.44. The Hall–Kier alpha value is -2.65. The molecule has 1 aromatic heterocycles. The van der Waals surface area contributed by atoms with Gasteiger partial charge in [-0.2, -0.15) is 26.3 Å². The Morgan fingerprint density at radius 3 is 2.12 bits per heavy atom. The molecule has 3 aliphatic rings. The van der Waals surface area contributed by atoms with Crippen LogP contribution in [0.4, 0.5) is 32.0 Å². The number of pyridine rings is 1. The van der Waals surface area contributed by atoms with E-state index in [0.717, 1.165) is 43.9 Å². The van der Waals surface area contributed by atoms with Crippen molar-refractivity contribution in [3.05, 3.63) is 47.8 Å². The highest BCUT2D eigenvalue weighted by atomic mass is 19.4. The van der Waals surface area contributed by atoms with Crippen LogP contribution in [0.3, 0.4) is 0 Å². The zero-order valence-corrected chi connectivity index (χ0v) is 18.2. The van der Waals surface area contributed by atoms with Crippen molar-refractivity contribution in [2.75, 3.05) is 24.6 Å². The summed E-state index contributed by atoms with van der Waals surface area (Å²) >= 11 is 0. The normalized spacial score (nSPS) is 24.9. The maximum absolute atomic E-state index is 13.2. The lowest BCUT2D eigenvalue weighted by Gasteiger charge is -2.39. The molecular formula is C24H24F6N2O2. The average Bonchev–Trinajstić information content (AvgIpc) is 3.58. The molecule has 0 amide bonds. The lowest BCUT2D eigenvalue weighted by Crippen LogP contribution is -2.47. The van der Waals surface area contributed by atoms with Crippen molar-refractivity contribution in [1.82, 2.24) is 4.98 Å². The van der Waals surface area contributed by atoms with Crippen LogP contribution in [0.25, 0.3) is 0 Å². The van der Waals surface area contributed by atoms with E-state index in [4.69, 9.17) is 9.47 Å². The number of hydrogen-bond donors (Lipinski definition) is 0. The molecule has 4 nitrogen and oxygen atoms in total. The maximum atomic E-state index is 13.2. The Kier molecular flexibility index (Phi) is 5.80. The summed E-state index contributed by atoms with van der Waals surface area (Å²) in [7, 11) is 0. The van der Waals surface area contributed by atoms with Gasteiger partial charge in [-0.25, -0.2) is 4.98 Å². The molecule has 0 N–H and O–H groups in total. The van der Waals surface area contributed by atoms with Crippen molar-refractivity contribution >= 4 is 5.69 Å². The van der Waals surface area contributed by atoms with E-state index in [-0.39, 0.29) is 23.7 Å². The third kappa shape index (κ3) is 4.90. The Balaban J connectivity index is 1.30. The molecule has 184 valence electrons. The Bertz CT molecular complexity index is 1010. The Morgan fingerprint density at radius 1 is 0.853 bits per heavy atom. The van der Waals surface area contributed by atoms with Gasteiger partial charge in [-0.3, -0.25) is 0 Å². The van der Waals surface area contributed by atoms with Gasteiger partial charge in [0.05, 0.1) is 24.1 Å². The van der Waals surface area contributed by atoms with Gasteiger partial charge < -0.3 is 14.4 Å². The van der Waals surface area contributed by atoms with Crippen molar-refractivity contribution < 1.29 is 35.8 Å². The number of nitrogens with zero attached hydrogens (tertiary/aromatic N) is 2. The van der Waals surface area contributed by atoms with Crippen molar-refractivity contribution in [3.8, 4) is 11.5 Å². The maximum Gasteiger partial charge on any atom is 0.433 e. The van der Waals surface area contributed by atoms with Crippen LogP contribution in [0.15, 0.2) is 36.5 Å². The molecule has 5 rings (SSSR count). The van der Waals surface area contributed by atoms with E-state index in [1.54, 1.807) is 0 Å². The van der Waals surface area contributed by atoms with E-state index >= 15 is 0 Å². The van der Waals surface area contributed by atoms with Crippen molar-refractivity contribution in [3.63, 3.8) is 0 Å². The summed E-state index contributed by atoms with van der Waals surface area (Å²) in [5.41, 5.74) is -1.09. The third-order valence-corrected chi connectivity index (χ3v) is 6.86. The average molecular weight is 486 g/mol. The number of aromatic nitrogens is 1. The standard InChI is InChI=1S/C24H24F6N2O2/c25-23(26,27)17-5-7-19(20(9-17)33-13-14-1-2-14)34-22-15-3-4-16(22)12-32(11-15)18-6-8-21(31-10-18)24(28,29)30/h5-10,14-16,22H,1-4,11-13H2. The fourth-order valence-corrected chi connectivity index (χ4v) is 4.85. The summed E-state index contributed by atoms with van der Waals surface area (Å²) in [5.74, 6) is 0.981. The third-order valence-electron chi connectivity index (χ3n) is 6.86. The van der Waals surface area contributed by atoms with Gasteiger partial charge in [0.2, 0.25) is 0 Å². The van der Waals surface area contributed by atoms with Gasteiger partial charge in [-0.1, -0.05) is 0 Å². The second-order valence-corrected chi connectivity index (χ2v) is 9.40. The molecule has 2 atom stereocenters. The molecule has 1 aliphatic heterocycles. The second kappa shape index (κ2) is 8.53. The zero-order chi connectivity index (χ0) is 24.1. The lowest BCUT2D eigenvalue weighted by atomic mass is 9.94. The number of halogens is 6. The van der Waals surface area contributed by atoms with Crippen LogP contribution in [0, 0.1) is 17.8 Å². The zero-order valence-electron chi connectivity index (χ0n) is 18.2. The first kappa shape index (κ1) is 23.1. The molecule has 10 heteroatoms. The SMILES string of the molecule is FC(F)(F)c1ccc(OC2C3CCC2CN(c2ccc(C(F)(F)F)nc2)C3)c(OCC2CC2)c1. The molecule has 1 aromatic carbocycles. The molecule has 2 unspecified atom stereocenters. The minimum Gasteiger partial charge on any atom is -0.489 e. The van der Waals surface area contributed by atoms with Crippen LogP contribution < -0.4 is 14.4 Å². The first-order valence-corrected chi connectivity index (χ1v) is 11.4. The van der Waals surface area contributed by atoms with E-state index in [9.17, 15) is 26.3 Å². The predicted octanol–water partition coefficient (Wildman–Crippen LogP) is 6.20. The fourth-order valence-electron chi connectivity index (χ4n) is 4.85. The summed E-state index contributed by atoms with van der Waals surface area (Å²) in [6.07, 6.45) is -4.15. The van der Waals surface area contributed by atoms with E-state index in [1.165, 1.54) is 18.3 Å². The van der Waals surface area contributed by atoms with E-state index in [1.807, 2.05) is 4.90 Å². The van der Waals surface area contributed by atoms with Gasteiger partial charge >= 0.3 is 12.4 Å². The van der Waals surface area contributed by atoms with Gasteiger partial charge in [0.15, 0.2) is 11.5 Å². The summed E-state index contributed by atoms with van der Waals surface area (Å²) in [5, 5.41) is 0. The van der Waals surface area contributed by atoms with Gasteiger partial charge in [0, 0.05) is 24.9 Å². The van der Waals surface area contributed by atoms with Crippen LogP contribution in [-0.2, 0) is 12.4 Å². The van der Waals surface area contributed by atoms with Gasteiger partial charge in [-0.05, 0) is 61.9 Å². The monoisotopic (exact) mass is 486 g/mol. The van der Waals surface area contributed by atoms with Gasteiger partial charge in [-0.15, -0.1) is 0 Å². The summed E-state index contributed by atoms with van der Waals surface area (Å²) in [6, 6.07) is 5.74. The Morgan fingerprint density at radius 2 is 1.56 bits per heavy atom. The minimum atomic E-state index is -4.49. The predicted molar refractivity (Wildman–Crippen MR) is 112 cm³/mol. The number of benzene rings is 1. The van der Waals surface area contributed by atoms with Crippen molar-refractivity contribution in [2.24, 2.45) is 17.8 Å². The molecule has 0 spiro atoms. The summed E-state index contributed by atoms with van der Waals surface area (Å²) in [4.78, 5) is 5.56. The van der Waals surface area contributed by atoms with Crippen LogP contribution in [-0.4, -0.2) is 30.8 Å². The molecule has 2 aromatic rings. The number of piperidine rings is 1. The van der Waals surface area contributed by atoms with E-state index in [0.29, 0.717) is 37.1 Å². The largest absolute Gasteiger partial charge is 0.489 e. The molecule has 0 radical (unpaired) electrons. The lowest BCUT2D eigenvalue weighted by molar-refractivity contribution is -0.141. The Labute approximate surface area is 192 Å². The smallest absolute Gasteiger partial charge is 0.433 e. The van der Waals surface area contributed by atoms with Crippen molar-refractivity contribution in [1.29, 1.82) is 0 Å². The van der Waals surface area contributed by atoms with Crippen LogP contribution in [0.1, 0.15) is 36.9 Å². The van der Waals surface area contributed by atoms with E-state index in [2.05, 4.69) is 4.98 Å². The molecular weight excluding hydrogens is 462 g/mol. The minimum absolute atomic E-state index is 0.0969. The highest BCUT2D eigenvalue weighted by molar-refractivity contribution is 5.47. The van der Waals surface area contributed by atoms with E-state index < -0.39 is 23.6 Å². The molecule has 2 bridgehead atoms. The van der Waals surface area contributed by atoms with Gasteiger partial charge in [0.25, 0.3) is 0 Å². The number of ether oxygens (including phenoxy) is 2. The first-order valence-electron chi connectivity index (χ1n) is 11.4. The molecule has 2 saturated carbocycles. The second-order valence-electron chi connectivity index (χ2n) is 9.40. The van der Waals surface area contributed by atoms with Crippen molar-refractivity contribution in [2.45, 2.75) is 44.1 Å². The quantitative estimate of drug-likeness (QED) is 0.456. The van der Waals surface area contributed by atoms with Crippen LogP contribution in [0.5, 0.6) is 11.5 Å². The number of hydrogen-bond acceptors (Lipinski definition) is 4. The number of rotatable bonds is 6. The number of alkyl halides is 6. The summed E-state index contributed by atoms with van der Waals surface area (Å²) < 4.78 is 90.1. The fraction of sp³-hybridized carbons (Fsp3) is 0.542. The number of anilines is 1. The molecule has 2 heterocycles. The van der Waals surface area contributed by atoms with Crippen LogP contribution in [0.2, 0.25) is 0 Å².